The first-order valence-corrected chi connectivity index (χ1v) is 8.82. The monoisotopic (exact) mass is 394 g/mol. The van der Waals surface area contributed by atoms with Gasteiger partial charge in [-0.1, -0.05) is 0 Å². The summed E-state index contributed by atoms with van der Waals surface area (Å²) in [6.07, 6.45) is 0. The molecule has 22 heavy (non-hydrogen) atoms. The predicted molar refractivity (Wildman–Crippen MR) is 81.3 cm³/mol. The van der Waals surface area contributed by atoms with Crippen molar-refractivity contribution >= 4 is 31.9 Å². The molecular formula is C13H16BrFN2O4S. The van der Waals surface area contributed by atoms with E-state index in [4.69, 9.17) is 4.74 Å². The number of halogens is 2. The lowest BCUT2D eigenvalue weighted by atomic mass is 10.3. The van der Waals surface area contributed by atoms with Crippen LogP contribution in [0.5, 0.6) is 0 Å². The van der Waals surface area contributed by atoms with Crippen LogP contribution < -0.4 is 0 Å². The van der Waals surface area contributed by atoms with Crippen molar-refractivity contribution in [3.63, 3.8) is 0 Å². The van der Waals surface area contributed by atoms with Gasteiger partial charge in [-0.2, -0.15) is 4.31 Å². The van der Waals surface area contributed by atoms with Gasteiger partial charge < -0.3 is 9.64 Å². The van der Waals surface area contributed by atoms with Gasteiger partial charge in [0.25, 0.3) is 0 Å². The number of carbonyl (C=O) groups is 1. The lowest BCUT2D eigenvalue weighted by molar-refractivity contribution is -0.135. The van der Waals surface area contributed by atoms with Crippen LogP contribution in [0.3, 0.4) is 0 Å². The number of rotatable bonds is 4. The van der Waals surface area contributed by atoms with Crippen LogP contribution in [-0.4, -0.2) is 63.4 Å². The van der Waals surface area contributed by atoms with Crippen LogP contribution >= 0.6 is 15.9 Å². The summed E-state index contributed by atoms with van der Waals surface area (Å²) in [7, 11) is -2.53. The predicted octanol–water partition coefficient (Wildman–Crippen LogP) is 1.07. The highest BCUT2D eigenvalue weighted by atomic mass is 79.9. The fourth-order valence-corrected chi connectivity index (χ4v) is 3.68. The number of hydrogen-bond acceptors (Lipinski definition) is 4. The molecule has 0 saturated carbocycles. The molecule has 1 aliphatic rings. The zero-order valence-electron chi connectivity index (χ0n) is 12.0. The molecule has 0 aromatic heterocycles. The molecule has 122 valence electrons. The number of nitrogens with zero attached hydrogens (tertiary/aromatic N) is 2. The summed E-state index contributed by atoms with van der Waals surface area (Å²) in [4.78, 5) is 13.6. The first-order valence-electron chi connectivity index (χ1n) is 6.59. The number of benzene rings is 1. The first kappa shape index (κ1) is 17.3. The molecule has 6 nitrogen and oxygen atoms in total. The molecule has 0 atom stereocenters. The second-order valence-electron chi connectivity index (χ2n) is 4.83. The Morgan fingerprint density at radius 3 is 2.64 bits per heavy atom. The molecular weight excluding hydrogens is 379 g/mol. The van der Waals surface area contributed by atoms with Gasteiger partial charge in [0.2, 0.25) is 15.9 Å². The Kier molecular flexibility index (Phi) is 5.54. The van der Waals surface area contributed by atoms with Gasteiger partial charge in [0, 0.05) is 20.1 Å². The molecule has 1 aliphatic heterocycles. The van der Waals surface area contributed by atoms with Crippen molar-refractivity contribution in [1.82, 2.24) is 9.21 Å². The average Bonchev–Trinajstić information content (AvgIpc) is 2.50. The molecule has 1 heterocycles. The number of carbonyl (C=O) groups excluding carboxylic acids is 1. The Hall–Kier alpha value is -1.03. The van der Waals surface area contributed by atoms with E-state index < -0.39 is 15.8 Å². The Balaban J connectivity index is 2.11. The molecule has 2 rings (SSSR count). The van der Waals surface area contributed by atoms with Crippen LogP contribution in [0, 0.1) is 5.82 Å². The Bertz CT molecular complexity index is 662. The van der Waals surface area contributed by atoms with Crippen molar-refractivity contribution in [3.05, 3.63) is 28.5 Å². The molecule has 1 saturated heterocycles. The highest BCUT2D eigenvalue weighted by Gasteiger charge is 2.26. The minimum absolute atomic E-state index is 0.0569. The number of amides is 1. The Labute approximate surface area is 137 Å². The number of ether oxygens (including phenoxy) is 1. The van der Waals surface area contributed by atoms with Gasteiger partial charge in [0.15, 0.2) is 0 Å². The Morgan fingerprint density at radius 2 is 2.05 bits per heavy atom. The van der Waals surface area contributed by atoms with Crippen LogP contribution in [0.4, 0.5) is 4.39 Å². The highest BCUT2D eigenvalue weighted by molar-refractivity contribution is 9.10. The van der Waals surface area contributed by atoms with Crippen LogP contribution in [0.25, 0.3) is 0 Å². The number of likely N-dealkylation sites (N-methyl/N-ethyl adjacent to an activating group) is 1. The normalized spacial score (nSPS) is 16.1. The van der Waals surface area contributed by atoms with Crippen LogP contribution in [-0.2, 0) is 19.6 Å². The molecule has 0 radical (unpaired) electrons. The molecule has 1 fully saturated rings. The van der Waals surface area contributed by atoms with Crippen molar-refractivity contribution < 1.29 is 22.3 Å². The number of hydrogen-bond donors (Lipinski definition) is 0. The maximum atomic E-state index is 13.2. The third kappa shape index (κ3) is 3.83. The Morgan fingerprint density at radius 1 is 1.41 bits per heavy atom. The van der Waals surface area contributed by atoms with E-state index in [1.165, 1.54) is 19.2 Å². The molecule has 9 heteroatoms. The van der Waals surface area contributed by atoms with E-state index in [1.54, 1.807) is 4.90 Å². The molecule has 1 amide bonds. The standard InChI is InChI=1S/C13H16BrFN2O4S/c1-16(9-13(18)17-4-6-21-7-5-17)22(19,20)10-2-3-12(15)11(14)8-10/h2-3,8H,4-7,9H2,1H3. The van der Waals surface area contributed by atoms with E-state index in [1.807, 2.05) is 0 Å². The molecule has 0 aliphatic carbocycles. The summed E-state index contributed by atoms with van der Waals surface area (Å²) >= 11 is 2.95. The van der Waals surface area contributed by atoms with Crippen LogP contribution in [0.15, 0.2) is 27.6 Å². The zero-order valence-corrected chi connectivity index (χ0v) is 14.4. The van der Waals surface area contributed by atoms with Gasteiger partial charge in [-0.3, -0.25) is 4.79 Å². The van der Waals surface area contributed by atoms with Crippen molar-refractivity contribution in [1.29, 1.82) is 0 Å². The van der Waals surface area contributed by atoms with Gasteiger partial charge in [-0.25, -0.2) is 12.8 Å². The highest BCUT2D eigenvalue weighted by Crippen LogP contribution is 2.22. The molecule has 0 N–H and O–H groups in total. The quantitative estimate of drug-likeness (QED) is 0.765. The van der Waals surface area contributed by atoms with Crippen LogP contribution in [0.1, 0.15) is 0 Å². The van der Waals surface area contributed by atoms with Gasteiger partial charge in [-0.05, 0) is 34.1 Å². The summed E-state index contributed by atoms with van der Waals surface area (Å²) < 4.78 is 44.2. The van der Waals surface area contributed by atoms with Crippen molar-refractivity contribution in [2.75, 3.05) is 39.9 Å². The summed E-state index contributed by atoms with van der Waals surface area (Å²) in [5, 5.41) is 0. The average molecular weight is 395 g/mol. The van der Waals surface area contributed by atoms with Gasteiger partial charge in [0.1, 0.15) is 5.82 Å². The molecule has 1 aromatic carbocycles. The van der Waals surface area contributed by atoms with Crippen molar-refractivity contribution in [2.45, 2.75) is 4.90 Å². The maximum absolute atomic E-state index is 13.2. The van der Waals surface area contributed by atoms with E-state index in [0.717, 1.165) is 10.4 Å². The number of morpholine rings is 1. The third-order valence-corrected chi connectivity index (χ3v) is 5.73. The van der Waals surface area contributed by atoms with Gasteiger partial charge in [-0.15, -0.1) is 0 Å². The smallest absolute Gasteiger partial charge is 0.243 e. The second kappa shape index (κ2) is 7.03. The summed E-state index contributed by atoms with van der Waals surface area (Å²) in [6, 6.07) is 3.42. The van der Waals surface area contributed by atoms with E-state index in [0.29, 0.717) is 26.3 Å². The molecule has 1 aromatic rings. The lowest BCUT2D eigenvalue weighted by Crippen LogP contribution is -2.46. The minimum Gasteiger partial charge on any atom is -0.378 e. The van der Waals surface area contributed by atoms with Gasteiger partial charge in [0.05, 0.1) is 29.1 Å². The SMILES string of the molecule is CN(CC(=O)N1CCOCC1)S(=O)(=O)c1ccc(F)c(Br)c1. The van der Waals surface area contributed by atoms with Crippen molar-refractivity contribution in [3.8, 4) is 0 Å². The molecule has 0 spiro atoms. The summed E-state index contributed by atoms with van der Waals surface area (Å²) in [5.41, 5.74) is 0. The summed E-state index contributed by atoms with van der Waals surface area (Å²) in [6.45, 7) is 1.54. The van der Waals surface area contributed by atoms with E-state index >= 15 is 0 Å². The largest absolute Gasteiger partial charge is 0.378 e. The topological polar surface area (TPSA) is 66.9 Å². The zero-order chi connectivity index (χ0) is 16.3. The first-order chi connectivity index (χ1) is 10.3. The van der Waals surface area contributed by atoms with E-state index in [2.05, 4.69) is 15.9 Å². The minimum atomic E-state index is -3.85. The van der Waals surface area contributed by atoms with Crippen molar-refractivity contribution in [2.24, 2.45) is 0 Å². The van der Waals surface area contributed by atoms with Gasteiger partial charge >= 0.3 is 0 Å². The fourth-order valence-electron chi connectivity index (χ4n) is 2.01. The lowest BCUT2D eigenvalue weighted by Gasteiger charge is -2.28. The third-order valence-electron chi connectivity index (χ3n) is 3.32. The second-order valence-corrected chi connectivity index (χ2v) is 7.73. The van der Waals surface area contributed by atoms with E-state index in [-0.39, 0.29) is 21.8 Å². The van der Waals surface area contributed by atoms with E-state index in [9.17, 15) is 17.6 Å². The molecule has 0 bridgehead atoms. The summed E-state index contributed by atoms with van der Waals surface area (Å²) in [5.74, 6) is -0.832. The fraction of sp³-hybridized carbons (Fsp3) is 0.462. The van der Waals surface area contributed by atoms with Crippen LogP contribution in [0.2, 0.25) is 0 Å². The maximum Gasteiger partial charge on any atom is 0.243 e. The molecule has 0 unspecified atom stereocenters. The number of sulfonamides is 1.